The second-order valence-electron chi connectivity index (χ2n) is 4.04. The molecule has 0 atom stereocenters. The minimum atomic E-state index is 0.748. The number of hydrogen-bond donors (Lipinski definition) is 1. The summed E-state index contributed by atoms with van der Waals surface area (Å²) in [6.45, 7) is 7.73. The predicted molar refractivity (Wildman–Crippen MR) is 70.3 cm³/mol. The molecule has 0 aliphatic carbocycles. The van der Waals surface area contributed by atoms with Crippen LogP contribution in [0, 0.1) is 6.92 Å². The molecule has 2 N–H and O–H groups in total. The van der Waals surface area contributed by atoms with Crippen molar-refractivity contribution in [3.8, 4) is 0 Å². The first-order chi connectivity index (χ1) is 7.60. The van der Waals surface area contributed by atoms with E-state index in [9.17, 15) is 0 Å². The molecule has 0 aromatic carbocycles. The van der Waals surface area contributed by atoms with Crippen LogP contribution in [0.2, 0.25) is 0 Å². The Morgan fingerprint density at radius 2 is 2.19 bits per heavy atom. The van der Waals surface area contributed by atoms with Gasteiger partial charge in [-0.05, 0) is 56.3 Å². The van der Waals surface area contributed by atoms with Crippen molar-refractivity contribution in [2.75, 3.05) is 20.1 Å². The predicted octanol–water partition coefficient (Wildman–Crippen LogP) is 1.75. The molecule has 0 aliphatic rings. The molecule has 92 valence electrons. The van der Waals surface area contributed by atoms with Crippen molar-refractivity contribution in [3.05, 3.63) is 15.9 Å². The molecule has 0 radical (unpaired) electrons. The maximum absolute atomic E-state index is 5.51. The molecule has 1 aromatic heterocycles. The van der Waals surface area contributed by atoms with E-state index < -0.39 is 0 Å². The fraction of sp³-hybridized carbons (Fsp3) is 0.727. The Labute approximate surface area is 106 Å². The number of nitrogens with zero attached hydrogens (tertiary/aromatic N) is 3. The lowest BCUT2D eigenvalue weighted by Crippen LogP contribution is -2.23. The van der Waals surface area contributed by atoms with Gasteiger partial charge in [-0.1, -0.05) is 0 Å². The third kappa shape index (κ3) is 3.30. The van der Waals surface area contributed by atoms with Crippen LogP contribution in [0.3, 0.4) is 0 Å². The SMILES string of the molecule is CCn1nc(C)c(Br)c1CN(C)CCCN. The van der Waals surface area contributed by atoms with Crippen molar-refractivity contribution in [3.63, 3.8) is 0 Å². The lowest BCUT2D eigenvalue weighted by atomic mass is 10.3. The second-order valence-corrected chi connectivity index (χ2v) is 4.83. The minimum Gasteiger partial charge on any atom is -0.330 e. The Morgan fingerprint density at radius 3 is 2.75 bits per heavy atom. The van der Waals surface area contributed by atoms with Gasteiger partial charge in [-0.25, -0.2) is 0 Å². The molecule has 0 spiro atoms. The maximum atomic E-state index is 5.51. The highest BCUT2D eigenvalue weighted by atomic mass is 79.9. The summed E-state index contributed by atoms with van der Waals surface area (Å²) in [5, 5.41) is 4.48. The maximum Gasteiger partial charge on any atom is 0.0739 e. The monoisotopic (exact) mass is 288 g/mol. The molecule has 0 amide bonds. The molecule has 0 fully saturated rings. The standard InChI is InChI=1S/C11H21BrN4/c1-4-16-10(11(12)9(2)14-16)8-15(3)7-5-6-13/h4-8,13H2,1-3H3. The first-order valence-electron chi connectivity index (χ1n) is 5.70. The van der Waals surface area contributed by atoms with E-state index in [1.54, 1.807) is 0 Å². The van der Waals surface area contributed by atoms with Crippen molar-refractivity contribution in [2.45, 2.75) is 33.4 Å². The Balaban J connectivity index is 2.71. The average Bonchev–Trinajstić information content (AvgIpc) is 2.54. The Kier molecular flexibility index (Phi) is 5.44. The van der Waals surface area contributed by atoms with Gasteiger partial charge in [0.25, 0.3) is 0 Å². The van der Waals surface area contributed by atoms with E-state index in [4.69, 9.17) is 5.73 Å². The largest absolute Gasteiger partial charge is 0.330 e. The fourth-order valence-electron chi connectivity index (χ4n) is 1.72. The van der Waals surface area contributed by atoms with E-state index in [1.165, 1.54) is 5.69 Å². The smallest absolute Gasteiger partial charge is 0.0739 e. The van der Waals surface area contributed by atoms with Crippen LogP contribution in [-0.4, -0.2) is 34.8 Å². The fourth-order valence-corrected chi connectivity index (χ4v) is 2.13. The summed E-state index contributed by atoms with van der Waals surface area (Å²) in [6, 6.07) is 0. The summed E-state index contributed by atoms with van der Waals surface area (Å²) < 4.78 is 3.19. The van der Waals surface area contributed by atoms with E-state index in [0.717, 1.165) is 42.8 Å². The number of aryl methyl sites for hydroxylation is 2. The Hall–Kier alpha value is -0.390. The summed E-state index contributed by atoms with van der Waals surface area (Å²) in [7, 11) is 2.12. The number of nitrogens with two attached hydrogens (primary N) is 1. The van der Waals surface area contributed by atoms with E-state index in [2.05, 4.69) is 44.6 Å². The molecule has 16 heavy (non-hydrogen) atoms. The van der Waals surface area contributed by atoms with Gasteiger partial charge in [-0.15, -0.1) is 0 Å². The van der Waals surface area contributed by atoms with Crippen molar-refractivity contribution >= 4 is 15.9 Å². The average molecular weight is 289 g/mol. The van der Waals surface area contributed by atoms with Crippen molar-refractivity contribution < 1.29 is 0 Å². The lowest BCUT2D eigenvalue weighted by molar-refractivity contribution is 0.312. The second kappa shape index (κ2) is 6.37. The van der Waals surface area contributed by atoms with Gasteiger partial charge in [0.1, 0.15) is 0 Å². The van der Waals surface area contributed by atoms with Crippen molar-refractivity contribution in [1.29, 1.82) is 0 Å². The van der Waals surface area contributed by atoms with Crippen LogP contribution in [0.25, 0.3) is 0 Å². The highest BCUT2D eigenvalue weighted by Gasteiger charge is 2.13. The Bertz CT molecular complexity index is 335. The third-order valence-electron chi connectivity index (χ3n) is 2.62. The van der Waals surface area contributed by atoms with Crippen LogP contribution in [-0.2, 0) is 13.1 Å². The number of hydrogen-bond acceptors (Lipinski definition) is 3. The van der Waals surface area contributed by atoms with Crippen LogP contribution < -0.4 is 5.73 Å². The normalized spacial score (nSPS) is 11.4. The molecule has 4 nitrogen and oxygen atoms in total. The summed E-state index contributed by atoms with van der Waals surface area (Å²) >= 11 is 3.60. The first-order valence-corrected chi connectivity index (χ1v) is 6.49. The van der Waals surface area contributed by atoms with Gasteiger partial charge in [0.05, 0.1) is 15.9 Å². The summed E-state index contributed by atoms with van der Waals surface area (Å²) in [6.07, 6.45) is 1.04. The number of aromatic nitrogens is 2. The third-order valence-corrected chi connectivity index (χ3v) is 3.65. The number of rotatable bonds is 6. The van der Waals surface area contributed by atoms with Crippen LogP contribution in [0.1, 0.15) is 24.7 Å². The zero-order chi connectivity index (χ0) is 12.1. The molecule has 1 rings (SSSR count). The lowest BCUT2D eigenvalue weighted by Gasteiger charge is -2.17. The minimum absolute atomic E-state index is 0.748. The topological polar surface area (TPSA) is 47.1 Å². The van der Waals surface area contributed by atoms with Crippen LogP contribution >= 0.6 is 15.9 Å². The molecule has 1 heterocycles. The van der Waals surface area contributed by atoms with Crippen molar-refractivity contribution in [2.24, 2.45) is 5.73 Å². The molecule has 5 heteroatoms. The van der Waals surface area contributed by atoms with E-state index in [1.807, 2.05) is 6.92 Å². The molecule has 1 aromatic rings. The van der Waals surface area contributed by atoms with Crippen LogP contribution in [0.4, 0.5) is 0 Å². The van der Waals surface area contributed by atoms with E-state index in [0.29, 0.717) is 0 Å². The van der Waals surface area contributed by atoms with Gasteiger partial charge in [0.15, 0.2) is 0 Å². The van der Waals surface area contributed by atoms with Gasteiger partial charge >= 0.3 is 0 Å². The molecule has 0 bridgehead atoms. The van der Waals surface area contributed by atoms with Gasteiger partial charge in [0.2, 0.25) is 0 Å². The van der Waals surface area contributed by atoms with Crippen LogP contribution in [0.5, 0.6) is 0 Å². The van der Waals surface area contributed by atoms with Gasteiger partial charge < -0.3 is 10.6 Å². The highest BCUT2D eigenvalue weighted by molar-refractivity contribution is 9.10. The number of halogens is 1. The van der Waals surface area contributed by atoms with E-state index >= 15 is 0 Å². The Morgan fingerprint density at radius 1 is 1.50 bits per heavy atom. The molecular weight excluding hydrogens is 268 g/mol. The summed E-state index contributed by atoms with van der Waals surface area (Å²) in [5.41, 5.74) is 7.82. The molecule has 0 unspecified atom stereocenters. The molecule has 0 saturated heterocycles. The highest BCUT2D eigenvalue weighted by Crippen LogP contribution is 2.22. The molecular formula is C11H21BrN4. The van der Waals surface area contributed by atoms with Crippen molar-refractivity contribution in [1.82, 2.24) is 14.7 Å². The molecule has 0 saturated carbocycles. The summed E-state index contributed by atoms with van der Waals surface area (Å²) in [5.74, 6) is 0. The first kappa shape index (κ1) is 13.7. The zero-order valence-corrected chi connectivity index (χ0v) is 11.9. The molecule has 0 aliphatic heterocycles. The van der Waals surface area contributed by atoms with Gasteiger partial charge in [-0.3, -0.25) is 4.68 Å². The van der Waals surface area contributed by atoms with Gasteiger partial charge in [-0.2, -0.15) is 5.10 Å². The van der Waals surface area contributed by atoms with Gasteiger partial charge in [0, 0.05) is 13.1 Å². The van der Waals surface area contributed by atoms with Crippen LogP contribution in [0.15, 0.2) is 4.47 Å². The van der Waals surface area contributed by atoms with E-state index in [-0.39, 0.29) is 0 Å². The quantitative estimate of drug-likeness (QED) is 0.868. The summed E-state index contributed by atoms with van der Waals surface area (Å²) in [4.78, 5) is 2.28. The zero-order valence-electron chi connectivity index (χ0n) is 10.3.